The SMILES string of the molecule is C[C@@H]1CN(C(=O)[C@H]2CCC(=O)N2)CCN1. The van der Waals surface area contributed by atoms with Crippen molar-refractivity contribution in [3.63, 3.8) is 0 Å². The van der Waals surface area contributed by atoms with E-state index >= 15 is 0 Å². The molecule has 2 rings (SSSR count). The van der Waals surface area contributed by atoms with Gasteiger partial charge in [0.1, 0.15) is 6.04 Å². The van der Waals surface area contributed by atoms with Crippen LogP contribution in [-0.2, 0) is 9.59 Å². The van der Waals surface area contributed by atoms with Gasteiger partial charge >= 0.3 is 0 Å². The second kappa shape index (κ2) is 4.18. The predicted octanol–water partition coefficient (Wildman–Crippen LogP) is -0.915. The van der Waals surface area contributed by atoms with Crippen LogP contribution in [0.1, 0.15) is 19.8 Å². The third kappa shape index (κ3) is 2.28. The standard InChI is InChI=1S/C10H17N3O2/c1-7-6-13(5-4-11-7)10(15)8-2-3-9(14)12-8/h7-8,11H,2-6H2,1H3,(H,12,14)/t7-,8-/m1/s1. The second-order valence-electron chi connectivity index (χ2n) is 4.30. The van der Waals surface area contributed by atoms with E-state index in [1.807, 2.05) is 4.90 Å². The molecule has 2 saturated heterocycles. The van der Waals surface area contributed by atoms with E-state index in [1.165, 1.54) is 0 Å². The van der Waals surface area contributed by atoms with Crippen LogP contribution in [0.2, 0.25) is 0 Å². The fourth-order valence-electron chi connectivity index (χ4n) is 2.15. The van der Waals surface area contributed by atoms with Gasteiger partial charge in [-0.25, -0.2) is 0 Å². The van der Waals surface area contributed by atoms with Gasteiger partial charge in [-0.1, -0.05) is 0 Å². The lowest BCUT2D eigenvalue weighted by atomic mass is 10.1. The van der Waals surface area contributed by atoms with Crippen LogP contribution in [0.3, 0.4) is 0 Å². The molecule has 2 N–H and O–H groups in total. The Morgan fingerprint density at radius 3 is 2.93 bits per heavy atom. The number of carbonyl (C=O) groups excluding carboxylic acids is 2. The van der Waals surface area contributed by atoms with E-state index in [0.717, 1.165) is 19.6 Å². The molecular formula is C10H17N3O2. The maximum absolute atomic E-state index is 12.0. The lowest BCUT2D eigenvalue weighted by molar-refractivity contribution is -0.135. The van der Waals surface area contributed by atoms with Crippen molar-refractivity contribution in [2.24, 2.45) is 0 Å². The van der Waals surface area contributed by atoms with Crippen LogP contribution in [0.15, 0.2) is 0 Å². The molecule has 2 amide bonds. The number of rotatable bonds is 1. The Balaban J connectivity index is 1.92. The lowest BCUT2D eigenvalue weighted by Gasteiger charge is -2.33. The van der Waals surface area contributed by atoms with Crippen molar-refractivity contribution < 1.29 is 9.59 Å². The minimum absolute atomic E-state index is 0.00321. The van der Waals surface area contributed by atoms with Crippen LogP contribution < -0.4 is 10.6 Å². The quantitative estimate of drug-likeness (QED) is 0.590. The van der Waals surface area contributed by atoms with Crippen LogP contribution >= 0.6 is 0 Å². The summed E-state index contributed by atoms with van der Waals surface area (Å²) in [4.78, 5) is 24.8. The maximum Gasteiger partial charge on any atom is 0.245 e. The largest absolute Gasteiger partial charge is 0.344 e. The van der Waals surface area contributed by atoms with Crippen molar-refractivity contribution in [1.82, 2.24) is 15.5 Å². The van der Waals surface area contributed by atoms with Gasteiger partial charge in [-0.3, -0.25) is 9.59 Å². The highest BCUT2D eigenvalue weighted by atomic mass is 16.2. The molecule has 0 aromatic carbocycles. The first kappa shape index (κ1) is 10.4. The molecule has 2 aliphatic rings. The minimum atomic E-state index is -0.275. The van der Waals surface area contributed by atoms with E-state index in [2.05, 4.69) is 17.6 Å². The summed E-state index contributed by atoms with van der Waals surface area (Å²) in [5.74, 6) is 0.0748. The van der Waals surface area contributed by atoms with Crippen molar-refractivity contribution >= 4 is 11.8 Å². The number of piperazine rings is 1. The van der Waals surface area contributed by atoms with E-state index in [0.29, 0.717) is 18.9 Å². The zero-order chi connectivity index (χ0) is 10.8. The fourth-order valence-corrected chi connectivity index (χ4v) is 2.15. The van der Waals surface area contributed by atoms with Gasteiger partial charge in [0.15, 0.2) is 0 Å². The topological polar surface area (TPSA) is 61.4 Å². The molecule has 15 heavy (non-hydrogen) atoms. The van der Waals surface area contributed by atoms with Crippen LogP contribution in [0, 0.1) is 0 Å². The van der Waals surface area contributed by atoms with E-state index in [1.54, 1.807) is 0 Å². The molecule has 0 saturated carbocycles. The third-order valence-electron chi connectivity index (χ3n) is 2.97. The first-order chi connectivity index (χ1) is 7.16. The number of amides is 2. The molecule has 0 spiro atoms. The molecule has 2 fully saturated rings. The van der Waals surface area contributed by atoms with E-state index in [-0.39, 0.29) is 17.9 Å². The van der Waals surface area contributed by atoms with Crippen molar-refractivity contribution in [2.75, 3.05) is 19.6 Å². The van der Waals surface area contributed by atoms with Crippen LogP contribution in [0.5, 0.6) is 0 Å². The van der Waals surface area contributed by atoms with Gasteiger partial charge in [-0.15, -0.1) is 0 Å². The molecular weight excluding hydrogens is 194 g/mol. The van der Waals surface area contributed by atoms with Crippen LogP contribution in [0.25, 0.3) is 0 Å². The van der Waals surface area contributed by atoms with Crippen molar-refractivity contribution in [3.8, 4) is 0 Å². The van der Waals surface area contributed by atoms with Gasteiger partial charge < -0.3 is 15.5 Å². The average Bonchev–Trinajstić information content (AvgIpc) is 2.64. The normalized spacial score (nSPS) is 31.5. The summed E-state index contributed by atoms with van der Waals surface area (Å²) in [5.41, 5.74) is 0. The Morgan fingerprint density at radius 1 is 1.53 bits per heavy atom. The molecule has 0 aromatic heterocycles. The fraction of sp³-hybridized carbons (Fsp3) is 0.800. The summed E-state index contributed by atoms with van der Waals surface area (Å²) in [6, 6.07) is 0.0719. The molecule has 2 aliphatic heterocycles. The van der Waals surface area contributed by atoms with Gasteiger partial charge in [0, 0.05) is 32.1 Å². The number of hydrogen-bond acceptors (Lipinski definition) is 3. The summed E-state index contributed by atoms with van der Waals surface area (Å²) < 4.78 is 0. The van der Waals surface area contributed by atoms with Gasteiger partial charge in [0.05, 0.1) is 0 Å². The summed E-state index contributed by atoms with van der Waals surface area (Å²) in [6.07, 6.45) is 1.13. The monoisotopic (exact) mass is 211 g/mol. The Hall–Kier alpha value is -1.10. The summed E-state index contributed by atoms with van der Waals surface area (Å²) in [5, 5.41) is 6.00. The van der Waals surface area contributed by atoms with Crippen molar-refractivity contribution in [2.45, 2.75) is 31.8 Å². The highest BCUT2D eigenvalue weighted by Gasteiger charge is 2.32. The lowest BCUT2D eigenvalue weighted by Crippen LogP contribution is -2.55. The third-order valence-corrected chi connectivity index (χ3v) is 2.97. The highest BCUT2D eigenvalue weighted by molar-refractivity contribution is 5.90. The summed E-state index contributed by atoms with van der Waals surface area (Å²) >= 11 is 0. The Kier molecular flexibility index (Phi) is 2.90. The Bertz CT molecular complexity index is 280. The molecule has 0 unspecified atom stereocenters. The molecule has 0 radical (unpaired) electrons. The van der Waals surface area contributed by atoms with Crippen molar-refractivity contribution in [3.05, 3.63) is 0 Å². The Labute approximate surface area is 89.2 Å². The summed E-state index contributed by atoms with van der Waals surface area (Å²) in [7, 11) is 0. The molecule has 5 heteroatoms. The highest BCUT2D eigenvalue weighted by Crippen LogP contribution is 2.11. The first-order valence-corrected chi connectivity index (χ1v) is 5.48. The zero-order valence-corrected chi connectivity index (χ0v) is 8.95. The maximum atomic E-state index is 12.0. The minimum Gasteiger partial charge on any atom is -0.344 e. The zero-order valence-electron chi connectivity index (χ0n) is 8.95. The van der Waals surface area contributed by atoms with Crippen LogP contribution in [-0.4, -0.2) is 48.4 Å². The number of carbonyl (C=O) groups is 2. The molecule has 84 valence electrons. The molecule has 2 atom stereocenters. The molecule has 0 aromatic rings. The number of hydrogen-bond donors (Lipinski definition) is 2. The van der Waals surface area contributed by atoms with Crippen LogP contribution in [0.4, 0.5) is 0 Å². The molecule has 0 bridgehead atoms. The summed E-state index contributed by atoms with van der Waals surface area (Å²) in [6.45, 7) is 4.39. The van der Waals surface area contributed by atoms with E-state index < -0.39 is 0 Å². The van der Waals surface area contributed by atoms with E-state index in [4.69, 9.17) is 0 Å². The predicted molar refractivity (Wildman–Crippen MR) is 55.2 cm³/mol. The van der Waals surface area contributed by atoms with Gasteiger partial charge in [0.25, 0.3) is 0 Å². The van der Waals surface area contributed by atoms with Gasteiger partial charge in [-0.05, 0) is 13.3 Å². The number of nitrogens with one attached hydrogen (secondary N) is 2. The van der Waals surface area contributed by atoms with E-state index in [9.17, 15) is 9.59 Å². The smallest absolute Gasteiger partial charge is 0.245 e. The molecule has 2 heterocycles. The van der Waals surface area contributed by atoms with Crippen molar-refractivity contribution in [1.29, 1.82) is 0 Å². The number of nitrogens with zero attached hydrogens (tertiary/aromatic N) is 1. The van der Waals surface area contributed by atoms with Gasteiger partial charge in [0.2, 0.25) is 11.8 Å². The molecule has 5 nitrogen and oxygen atoms in total. The first-order valence-electron chi connectivity index (χ1n) is 5.48. The second-order valence-corrected chi connectivity index (χ2v) is 4.30. The van der Waals surface area contributed by atoms with Gasteiger partial charge in [-0.2, -0.15) is 0 Å². The molecule has 0 aliphatic carbocycles. The Morgan fingerprint density at radius 2 is 2.33 bits per heavy atom. The average molecular weight is 211 g/mol.